The summed E-state index contributed by atoms with van der Waals surface area (Å²) in [5.41, 5.74) is -3.39. The van der Waals surface area contributed by atoms with Gasteiger partial charge in [0.25, 0.3) is 0 Å². The second-order valence-corrected chi connectivity index (χ2v) is 7.09. The third kappa shape index (κ3) is 1.76. The maximum absolute atomic E-state index is 11.7. The minimum absolute atomic E-state index is 0.00560. The van der Waals surface area contributed by atoms with E-state index in [4.69, 9.17) is 0 Å². The van der Waals surface area contributed by atoms with Crippen molar-refractivity contribution in [1.29, 1.82) is 0 Å². The molecule has 2 aliphatic carbocycles. The highest BCUT2D eigenvalue weighted by molar-refractivity contribution is 5.83. The van der Waals surface area contributed by atoms with Crippen molar-refractivity contribution in [3.05, 3.63) is 11.6 Å². The van der Waals surface area contributed by atoms with E-state index in [2.05, 4.69) is 0 Å². The zero-order chi connectivity index (χ0) is 15.3. The van der Waals surface area contributed by atoms with Crippen molar-refractivity contribution in [1.82, 2.24) is 0 Å². The van der Waals surface area contributed by atoms with E-state index in [0.717, 1.165) is 12.8 Å². The van der Waals surface area contributed by atoms with Gasteiger partial charge in [-0.05, 0) is 23.8 Å². The van der Waals surface area contributed by atoms with Crippen LogP contribution in [0.25, 0.3) is 0 Å². The molecule has 0 aromatic rings. The van der Waals surface area contributed by atoms with Crippen LogP contribution in [0, 0.1) is 16.7 Å². The van der Waals surface area contributed by atoms with Crippen LogP contribution in [-0.4, -0.2) is 44.7 Å². The maximum Gasteiger partial charge on any atom is 0.340 e. The molecule has 1 fully saturated rings. The average molecular weight is 284 g/mol. The Hall–Kier alpha value is -0.910. The second kappa shape index (κ2) is 4.55. The van der Waals surface area contributed by atoms with E-state index in [9.17, 15) is 25.2 Å². The summed E-state index contributed by atoms with van der Waals surface area (Å²) in [6, 6.07) is 0. The highest BCUT2D eigenvalue weighted by Crippen LogP contribution is 2.61. The number of aliphatic hydroxyl groups is 3. The molecule has 2 rings (SSSR count). The van der Waals surface area contributed by atoms with Gasteiger partial charge in [0.1, 0.15) is 0 Å². The van der Waals surface area contributed by atoms with Crippen LogP contribution in [0.3, 0.4) is 0 Å². The third-order valence-corrected chi connectivity index (χ3v) is 5.53. The molecule has 0 bridgehead atoms. The Bertz CT molecular complexity index is 455. The molecule has 20 heavy (non-hydrogen) atoms. The molecule has 0 aliphatic heterocycles. The van der Waals surface area contributed by atoms with Crippen LogP contribution < -0.4 is 0 Å². The van der Waals surface area contributed by atoms with Crippen LogP contribution in [0.2, 0.25) is 0 Å². The van der Waals surface area contributed by atoms with Crippen LogP contribution >= 0.6 is 0 Å². The number of aliphatic carboxylic acids is 1. The van der Waals surface area contributed by atoms with Crippen molar-refractivity contribution in [3.63, 3.8) is 0 Å². The number of rotatable bonds is 2. The number of fused-ring (bicyclic) bond motifs is 1. The minimum Gasteiger partial charge on any atom is -0.479 e. The van der Waals surface area contributed by atoms with Gasteiger partial charge < -0.3 is 20.4 Å². The molecule has 5 nitrogen and oxygen atoms in total. The Labute approximate surface area is 118 Å². The smallest absolute Gasteiger partial charge is 0.340 e. The molecule has 0 unspecified atom stereocenters. The molecule has 5 heteroatoms. The van der Waals surface area contributed by atoms with Gasteiger partial charge in [-0.2, -0.15) is 0 Å². The van der Waals surface area contributed by atoms with Crippen LogP contribution in [0.5, 0.6) is 0 Å². The number of carbonyl (C=O) groups is 1. The average Bonchev–Trinajstić information content (AvgIpc) is 2.32. The van der Waals surface area contributed by atoms with Crippen LogP contribution in [-0.2, 0) is 4.79 Å². The molecule has 0 aromatic heterocycles. The number of hydrogen-bond acceptors (Lipinski definition) is 4. The number of aliphatic hydroxyl groups excluding tert-OH is 2. The first kappa shape index (κ1) is 15.5. The maximum atomic E-state index is 11.7. The van der Waals surface area contributed by atoms with Gasteiger partial charge in [0.2, 0.25) is 0 Å². The van der Waals surface area contributed by atoms with Crippen molar-refractivity contribution in [2.75, 3.05) is 6.61 Å². The summed E-state index contributed by atoms with van der Waals surface area (Å²) < 4.78 is 0. The molecule has 0 heterocycles. The van der Waals surface area contributed by atoms with Gasteiger partial charge in [-0.1, -0.05) is 33.3 Å². The van der Waals surface area contributed by atoms with Crippen molar-refractivity contribution < 1.29 is 25.2 Å². The molecule has 2 aliphatic rings. The van der Waals surface area contributed by atoms with Crippen LogP contribution in [0.4, 0.5) is 0 Å². The lowest BCUT2D eigenvalue weighted by Crippen LogP contribution is -2.66. The fraction of sp³-hybridized carbons (Fsp3) is 0.800. The lowest BCUT2D eigenvalue weighted by Gasteiger charge is -2.59. The fourth-order valence-electron chi connectivity index (χ4n) is 4.67. The van der Waals surface area contributed by atoms with Crippen LogP contribution in [0.1, 0.15) is 40.0 Å². The quantitative estimate of drug-likeness (QED) is 0.565. The van der Waals surface area contributed by atoms with Crippen molar-refractivity contribution in [2.45, 2.75) is 51.7 Å². The van der Waals surface area contributed by atoms with E-state index in [-0.39, 0.29) is 16.9 Å². The fourth-order valence-corrected chi connectivity index (χ4v) is 4.67. The lowest BCUT2D eigenvalue weighted by molar-refractivity contribution is -0.199. The van der Waals surface area contributed by atoms with Gasteiger partial charge in [-0.25, -0.2) is 4.79 Å². The number of carboxylic acid groups (broad SMARTS) is 1. The van der Waals surface area contributed by atoms with Crippen molar-refractivity contribution in [3.8, 4) is 0 Å². The molecular weight excluding hydrogens is 260 g/mol. The standard InChI is InChI=1S/C15H24O5/c1-13(2)5-4-6-14(3)11(13)10(17)7-9(8-16)15(14,20)12(18)19/h7,10-11,16-17,20H,4-6,8H2,1-3H3,(H,18,19)/t10-,11+,14+,15-/m0/s1. The molecule has 4 atom stereocenters. The highest BCUT2D eigenvalue weighted by atomic mass is 16.4. The molecule has 4 N–H and O–H groups in total. The van der Waals surface area contributed by atoms with E-state index < -0.39 is 29.7 Å². The topological polar surface area (TPSA) is 98.0 Å². The lowest BCUT2D eigenvalue weighted by atomic mass is 9.46. The van der Waals surface area contributed by atoms with E-state index in [1.54, 1.807) is 6.92 Å². The summed E-state index contributed by atoms with van der Waals surface area (Å²) in [6.07, 6.45) is 2.66. The summed E-state index contributed by atoms with van der Waals surface area (Å²) in [4.78, 5) is 11.7. The molecule has 0 spiro atoms. The number of carboxylic acids is 1. The Morgan fingerprint density at radius 1 is 1.35 bits per heavy atom. The van der Waals surface area contributed by atoms with E-state index in [1.165, 1.54) is 6.08 Å². The summed E-state index contributed by atoms with van der Waals surface area (Å²) >= 11 is 0. The Balaban J connectivity index is 2.67. The first-order chi connectivity index (χ1) is 9.11. The van der Waals surface area contributed by atoms with E-state index in [0.29, 0.717) is 6.42 Å². The van der Waals surface area contributed by atoms with Gasteiger partial charge in [-0.3, -0.25) is 0 Å². The highest BCUT2D eigenvalue weighted by Gasteiger charge is 2.66. The molecule has 114 valence electrons. The Morgan fingerprint density at radius 3 is 2.45 bits per heavy atom. The normalized spacial score (nSPS) is 43.6. The number of hydrogen-bond donors (Lipinski definition) is 4. The summed E-state index contributed by atoms with van der Waals surface area (Å²) in [5.74, 6) is -1.71. The summed E-state index contributed by atoms with van der Waals surface area (Å²) in [7, 11) is 0. The van der Waals surface area contributed by atoms with Crippen molar-refractivity contribution >= 4 is 5.97 Å². The van der Waals surface area contributed by atoms with Gasteiger partial charge in [-0.15, -0.1) is 0 Å². The van der Waals surface area contributed by atoms with Gasteiger partial charge in [0.15, 0.2) is 5.60 Å². The van der Waals surface area contributed by atoms with Gasteiger partial charge in [0, 0.05) is 11.3 Å². The monoisotopic (exact) mass is 284 g/mol. The van der Waals surface area contributed by atoms with E-state index in [1.807, 2.05) is 13.8 Å². The van der Waals surface area contributed by atoms with Crippen LogP contribution in [0.15, 0.2) is 11.6 Å². The summed E-state index contributed by atoms with van der Waals surface area (Å²) in [5, 5.41) is 40.3. The minimum atomic E-state index is -2.12. The second-order valence-electron chi connectivity index (χ2n) is 7.09. The predicted molar refractivity (Wildman–Crippen MR) is 73.0 cm³/mol. The molecule has 0 saturated heterocycles. The van der Waals surface area contributed by atoms with Crippen molar-refractivity contribution in [2.24, 2.45) is 16.7 Å². The first-order valence-corrected chi connectivity index (χ1v) is 7.07. The zero-order valence-corrected chi connectivity index (χ0v) is 12.3. The van der Waals surface area contributed by atoms with Gasteiger partial charge in [0.05, 0.1) is 12.7 Å². The Morgan fingerprint density at radius 2 is 1.95 bits per heavy atom. The predicted octanol–water partition coefficient (Wildman–Crippen LogP) is 0.928. The largest absolute Gasteiger partial charge is 0.479 e. The first-order valence-electron chi connectivity index (χ1n) is 7.07. The molecule has 0 radical (unpaired) electrons. The van der Waals surface area contributed by atoms with E-state index >= 15 is 0 Å². The molecular formula is C15H24O5. The molecule has 1 saturated carbocycles. The van der Waals surface area contributed by atoms with Gasteiger partial charge >= 0.3 is 5.97 Å². The Kier molecular flexibility index (Phi) is 3.52. The zero-order valence-electron chi connectivity index (χ0n) is 12.3. The third-order valence-electron chi connectivity index (χ3n) is 5.53. The summed E-state index contributed by atoms with van der Waals surface area (Å²) in [6.45, 7) is 5.15. The molecule has 0 amide bonds. The SMILES string of the molecule is CC1(C)CCC[C@]2(C)[C@@H]1[C@@H](O)C=C(CO)[C@]2(O)C(=O)O. The molecule has 0 aromatic carbocycles.